The van der Waals surface area contributed by atoms with Crippen molar-refractivity contribution >= 4 is 15.9 Å². The Balaban J connectivity index is 2.09. The van der Waals surface area contributed by atoms with Gasteiger partial charge in [0.2, 0.25) is 0 Å². The van der Waals surface area contributed by atoms with Gasteiger partial charge in [-0.05, 0) is 31.2 Å². The number of benzene rings is 2. The van der Waals surface area contributed by atoms with Crippen molar-refractivity contribution in [1.29, 1.82) is 0 Å². The van der Waals surface area contributed by atoms with Crippen LogP contribution in [0.25, 0.3) is 0 Å². The Bertz CT molecular complexity index is 615. The van der Waals surface area contributed by atoms with Crippen molar-refractivity contribution in [3.05, 3.63) is 63.6 Å². The second-order valence-electron chi connectivity index (χ2n) is 4.38. The van der Waals surface area contributed by atoms with Crippen LogP contribution < -0.4 is 4.74 Å². The van der Waals surface area contributed by atoms with E-state index in [4.69, 9.17) is 4.74 Å². The van der Waals surface area contributed by atoms with Crippen LogP contribution in [0.2, 0.25) is 0 Å². The maximum absolute atomic E-state index is 13.7. The zero-order valence-corrected chi connectivity index (χ0v) is 12.3. The van der Waals surface area contributed by atoms with E-state index in [1.54, 1.807) is 12.1 Å². The summed E-state index contributed by atoms with van der Waals surface area (Å²) >= 11 is 3.24. The van der Waals surface area contributed by atoms with Gasteiger partial charge >= 0.3 is 0 Å². The fourth-order valence-corrected chi connectivity index (χ4v) is 2.20. The Morgan fingerprint density at radius 1 is 1.20 bits per heavy atom. The van der Waals surface area contributed by atoms with Crippen LogP contribution in [-0.2, 0) is 6.61 Å². The molecule has 0 heterocycles. The topological polar surface area (TPSA) is 29.5 Å². The predicted molar refractivity (Wildman–Crippen MR) is 75.5 cm³/mol. The second-order valence-corrected chi connectivity index (χ2v) is 5.24. The van der Waals surface area contributed by atoms with E-state index >= 15 is 0 Å². The minimum atomic E-state index is -0.865. The normalized spacial score (nSPS) is 12.2. The molecule has 2 aromatic rings. The van der Waals surface area contributed by atoms with Crippen molar-refractivity contribution < 1.29 is 18.6 Å². The number of rotatable bonds is 4. The van der Waals surface area contributed by atoms with Crippen LogP contribution in [0, 0.1) is 11.6 Å². The summed E-state index contributed by atoms with van der Waals surface area (Å²) in [6.07, 6.45) is -0.865. The fourth-order valence-electron chi connectivity index (χ4n) is 1.74. The minimum absolute atomic E-state index is 0.189. The highest BCUT2D eigenvalue weighted by Crippen LogP contribution is 2.24. The summed E-state index contributed by atoms with van der Waals surface area (Å²) in [7, 11) is 0. The molecule has 106 valence electrons. The molecule has 2 nitrogen and oxygen atoms in total. The molecule has 0 aliphatic carbocycles. The molecule has 1 atom stereocenters. The smallest absolute Gasteiger partial charge is 0.132 e. The van der Waals surface area contributed by atoms with Gasteiger partial charge in [0.15, 0.2) is 0 Å². The van der Waals surface area contributed by atoms with Crippen molar-refractivity contribution in [2.24, 2.45) is 0 Å². The van der Waals surface area contributed by atoms with E-state index in [-0.39, 0.29) is 18.0 Å². The molecular formula is C15H13BrF2O2. The van der Waals surface area contributed by atoms with Gasteiger partial charge < -0.3 is 9.84 Å². The highest BCUT2D eigenvalue weighted by molar-refractivity contribution is 9.10. The van der Waals surface area contributed by atoms with Gasteiger partial charge in [0.1, 0.15) is 24.0 Å². The van der Waals surface area contributed by atoms with Crippen LogP contribution in [-0.4, -0.2) is 5.11 Å². The summed E-state index contributed by atoms with van der Waals surface area (Å²) in [6, 6.07) is 8.56. The number of halogens is 3. The molecule has 0 radical (unpaired) electrons. The molecule has 0 saturated carbocycles. The summed E-state index contributed by atoms with van der Waals surface area (Å²) in [5.74, 6) is -0.508. The maximum atomic E-state index is 13.7. The molecule has 0 amide bonds. The van der Waals surface area contributed by atoms with Gasteiger partial charge in [0.25, 0.3) is 0 Å². The predicted octanol–water partition coefficient (Wildman–Crippen LogP) is 4.36. The number of hydrogen-bond acceptors (Lipinski definition) is 2. The summed E-state index contributed by atoms with van der Waals surface area (Å²) in [6.45, 7) is 1.68. The Labute approximate surface area is 124 Å². The summed E-state index contributed by atoms with van der Waals surface area (Å²) in [5.41, 5.74) is 0.978. The van der Waals surface area contributed by atoms with Crippen LogP contribution in [0.15, 0.2) is 40.9 Å². The summed E-state index contributed by atoms with van der Waals surface area (Å²) in [5, 5.41) is 9.34. The fraction of sp³-hybridized carbons (Fsp3) is 0.200. The van der Waals surface area contributed by atoms with Crippen molar-refractivity contribution in [3.8, 4) is 5.75 Å². The number of ether oxygens (including phenoxy) is 1. The molecule has 2 rings (SSSR count). The Morgan fingerprint density at radius 2 is 1.95 bits per heavy atom. The molecule has 1 N–H and O–H groups in total. The third kappa shape index (κ3) is 3.55. The Morgan fingerprint density at radius 3 is 2.55 bits per heavy atom. The number of aliphatic hydroxyl groups is 1. The summed E-state index contributed by atoms with van der Waals surface area (Å²) < 4.78 is 32.6. The lowest BCUT2D eigenvalue weighted by atomic mass is 10.1. The molecule has 0 aromatic heterocycles. The highest BCUT2D eigenvalue weighted by atomic mass is 79.9. The average molecular weight is 343 g/mol. The Kier molecular flexibility index (Phi) is 4.73. The van der Waals surface area contributed by atoms with Crippen LogP contribution in [0.4, 0.5) is 8.78 Å². The van der Waals surface area contributed by atoms with Gasteiger partial charge in [0.05, 0.1) is 6.10 Å². The van der Waals surface area contributed by atoms with E-state index in [2.05, 4.69) is 15.9 Å². The molecule has 0 saturated heterocycles. The van der Waals surface area contributed by atoms with Gasteiger partial charge in [-0.3, -0.25) is 0 Å². The van der Waals surface area contributed by atoms with E-state index in [1.807, 2.05) is 0 Å². The third-order valence-corrected chi connectivity index (χ3v) is 3.57. The second kappa shape index (κ2) is 6.33. The van der Waals surface area contributed by atoms with Gasteiger partial charge in [0, 0.05) is 21.7 Å². The van der Waals surface area contributed by atoms with E-state index in [9.17, 15) is 13.9 Å². The molecule has 5 heteroatoms. The molecule has 0 aliphatic heterocycles. The zero-order chi connectivity index (χ0) is 14.7. The SMILES string of the molecule is CC(O)c1ccc(OCc2ccc(F)cc2Br)cc1F. The number of aliphatic hydroxyl groups excluding tert-OH is 1. The monoisotopic (exact) mass is 342 g/mol. The first-order valence-corrected chi connectivity index (χ1v) is 6.81. The lowest BCUT2D eigenvalue weighted by molar-refractivity contribution is 0.194. The zero-order valence-electron chi connectivity index (χ0n) is 10.7. The molecule has 0 fully saturated rings. The molecule has 0 aliphatic rings. The van der Waals surface area contributed by atoms with Crippen LogP contribution in [0.3, 0.4) is 0 Å². The van der Waals surface area contributed by atoms with Crippen molar-refractivity contribution in [3.63, 3.8) is 0 Å². The highest BCUT2D eigenvalue weighted by Gasteiger charge is 2.09. The Hall–Kier alpha value is -1.46. The molecular weight excluding hydrogens is 330 g/mol. The van der Waals surface area contributed by atoms with E-state index in [1.165, 1.54) is 31.2 Å². The minimum Gasteiger partial charge on any atom is -0.489 e. The van der Waals surface area contributed by atoms with Crippen molar-refractivity contribution in [2.45, 2.75) is 19.6 Å². The van der Waals surface area contributed by atoms with E-state index < -0.39 is 11.9 Å². The van der Waals surface area contributed by atoms with Gasteiger partial charge in [-0.15, -0.1) is 0 Å². The lowest BCUT2D eigenvalue weighted by Crippen LogP contribution is -2.00. The lowest BCUT2D eigenvalue weighted by Gasteiger charge is -2.11. The first-order valence-electron chi connectivity index (χ1n) is 6.01. The molecule has 0 bridgehead atoms. The standard InChI is InChI=1S/C15H13BrF2O2/c1-9(19)13-5-4-12(7-15(13)18)20-8-10-2-3-11(17)6-14(10)16/h2-7,9,19H,8H2,1H3. The first kappa shape index (κ1) is 14.9. The van der Waals surface area contributed by atoms with Crippen LogP contribution in [0.5, 0.6) is 5.75 Å². The molecule has 2 aromatic carbocycles. The van der Waals surface area contributed by atoms with Crippen molar-refractivity contribution in [1.82, 2.24) is 0 Å². The van der Waals surface area contributed by atoms with Gasteiger partial charge in [-0.2, -0.15) is 0 Å². The van der Waals surface area contributed by atoms with E-state index in [0.29, 0.717) is 10.2 Å². The van der Waals surface area contributed by atoms with Crippen molar-refractivity contribution in [2.75, 3.05) is 0 Å². The molecule has 20 heavy (non-hydrogen) atoms. The van der Waals surface area contributed by atoms with Gasteiger partial charge in [-0.25, -0.2) is 8.78 Å². The van der Waals surface area contributed by atoms with Gasteiger partial charge in [-0.1, -0.05) is 22.0 Å². The van der Waals surface area contributed by atoms with Crippen LogP contribution >= 0.6 is 15.9 Å². The van der Waals surface area contributed by atoms with Crippen LogP contribution in [0.1, 0.15) is 24.2 Å². The summed E-state index contributed by atoms with van der Waals surface area (Å²) in [4.78, 5) is 0. The molecule has 0 spiro atoms. The average Bonchev–Trinajstić information content (AvgIpc) is 2.37. The third-order valence-electron chi connectivity index (χ3n) is 2.83. The first-order chi connectivity index (χ1) is 9.47. The maximum Gasteiger partial charge on any atom is 0.132 e. The quantitative estimate of drug-likeness (QED) is 0.894. The number of hydrogen-bond donors (Lipinski definition) is 1. The van der Waals surface area contributed by atoms with E-state index in [0.717, 1.165) is 5.56 Å². The molecule has 1 unspecified atom stereocenters. The largest absolute Gasteiger partial charge is 0.489 e.